The second-order valence-electron chi connectivity index (χ2n) is 9.62. The monoisotopic (exact) mass is 503 g/mol. The van der Waals surface area contributed by atoms with Crippen LogP contribution in [0, 0.1) is 30.6 Å². The third-order valence-electron chi connectivity index (χ3n) is 7.33. The van der Waals surface area contributed by atoms with E-state index in [2.05, 4.69) is 17.6 Å². The van der Waals surface area contributed by atoms with Crippen LogP contribution >= 0.6 is 11.6 Å². The van der Waals surface area contributed by atoms with Crippen molar-refractivity contribution < 1.29 is 19.5 Å². The fraction of sp³-hybridized carbons (Fsp3) is 0.593. The second kappa shape index (κ2) is 12.5. The molecule has 0 saturated carbocycles. The highest BCUT2D eigenvalue weighted by molar-refractivity contribution is 6.34. The van der Waals surface area contributed by atoms with E-state index >= 15 is 0 Å². The molecule has 35 heavy (non-hydrogen) atoms. The van der Waals surface area contributed by atoms with Gasteiger partial charge in [-0.25, -0.2) is 0 Å². The number of carbonyl (C=O) groups excluding carboxylic acids is 3. The molecule has 3 rings (SSSR count). The summed E-state index contributed by atoms with van der Waals surface area (Å²) >= 11 is 6.37. The molecular weight excluding hydrogens is 466 g/mol. The Labute approximate surface area is 213 Å². The van der Waals surface area contributed by atoms with Crippen molar-refractivity contribution in [3.63, 3.8) is 0 Å². The molecule has 1 aromatic carbocycles. The Kier molecular flexibility index (Phi) is 9.75. The van der Waals surface area contributed by atoms with Gasteiger partial charge in [-0.1, -0.05) is 62.1 Å². The van der Waals surface area contributed by atoms with Crippen molar-refractivity contribution in [3.8, 4) is 0 Å². The molecule has 0 spiro atoms. The van der Waals surface area contributed by atoms with Gasteiger partial charge in [-0.3, -0.25) is 14.4 Å². The van der Waals surface area contributed by atoms with Crippen LogP contribution in [0.1, 0.15) is 51.0 Å². The molecule has 2 aliphatic rings. The van der Waals surface area contributed by atoms with Gasteiger partial charge in [-0.2, -0.15) is 0 Å². The predicted molar refractivity (Wildman–Crippen MR) is 138 cm³/mol. The number of aliphatic hydroxyl groups excluding tert-OH is 1. The molecule has 0 unspecified atom stereocenters. The van der Waals surface area contributed by atoms with E-state index in [1.165, 1.54) is 0 Å². The molecule has 0 radical (unpaired) electrons. The van der Waals surface area contributed by atoms with Crippen LogP contribution in [0.5, 0.6) is 0 Å². The summed E-state index contributed by atoms with van der Waals surface area (Å²) in [6.07, 6.45) is 8.88. The number of nitrogens with one attached hydrogen (secondary N) is 2. The molecule has 1 fully saturated rings. The molecule has 1 aromatic rings. The molecule has 0 aromatic heterocycles. The number of hydrogen-bond donors (Lipinski definition) is 3. The maximum Gasteiger partial charge on any atom is 0.247 e. The van der Waals surface area contributed by atoms with E-state index in [1.807, 2.05) is 31.2 Å². The number of carbonyl (C=O) groups is 3. The Bertz CT molecular complexity index is 930. The molecule has 1 saturated heterocycles. The lowest BCUT2D eigenvalue weighted by atomic mass is 9.68. The summed E-state index contributed by atoms with van der Waals surface area (Å²) in [5.41, 5.74) is 1.39. The first kappa shape index (κ1) is 27.2. The number of hydrogen-bond acceptors (Lipinski definition) is 4. The molecule has 1 aliphatic carbocycles. The van der Waals surface area contributed by atoms with E-state index < -0.39 is 23.8 Å². The number of rotatable bonds is 11. The topological polar surface area (TPSA) is 98.7 Å². The fourth-order valence-electron chi connectivity index (χ4n) is 5.61. The number of aliphatic hydroxyl groups is 1. The number of fused-ring (bicyclic) bond motifs is 1. The van der Waals surface area contributed by atoms with E-state index in [0.717, 1.165) is 44.1 Å². The average Bonchev–Trinajstić information content (AvgIpc) is 3.12. The number of benzene rings is 1. The van der Waals surface area contributed by atoms with Gasteiger partial charge in [0.05, 0.1) is 22.5 Å². The zero-order valence-electron chi connectivity index (χ0n) is 20.9. The van der Waals surface area contributed by atoms with Gasteiger partial charge in [0, 0.05) is 26.1 Å². The van der Waals surface area contributed by atoms with Gasteiger partial charge in [-0.05, 0) is 43.7 Å². The predicted octanol–water partition coefficient (Wildman–Crippen LogP) is 3.93. The van der Waals surface area contributed by atoms with E-state index in [1.54, 1.807) is 18.0 Å². The Hall–Kier alpha value is -2.38. The van der Waals surface area contributed by atoms with Crippen LogP contribution in [-0.2, 0) is 14.4 Å². The Morgan fingerprint density at radius 3 is 2.51 bits per heavy atom. The van der Waals surface area contributed by atoms with Gasteiger partial charge >= 0.3 is 0 Å². The number of nitrogens with zero attached hydrogens (tertiary/aromatic N) is 1. The first-order valence-corrected chi connectivity index (χ1v) is 13.1. The number of aryl methyl sites for hydroxylation is 1. The van der Waals surface area contributed by atoms with Crippen molar-refractivity contribution in [1.82, 2.24) is 10.2 Å². The number of halogens is 1. The number of allylic oxidation sites excluding steroid dienone is 1. The van der Waals surface area contributed by atoms with Crippen LogP contribution in [0.4, 0.5) is 5.69 Å². The average molecular weight is 504 g/mol. The van der Waals surface area contributed by atoms with Crippen LogP contribution in [-0.4, -0.2) is 54.0 Å². The van der Waals surface area contributed by atoms with E-state index in [-0.39, 0.29) is 30.2 Å². The first-order chi connectivity index (χ1) is 16.8. The number of anilines is 1. The Balaban J connectivity index is 1.94. The summed E-state index contributed by atoms with van der Waals surface area (Å²) < 4.78 is 0. The summed E-state index contributed by atoms with van der Waals surface area (Å²) in [6.45, 7) is 4.52. The van der Waals surface area contributed by atoms with Gasteiger partial charge in [0.25, 0.3) is 0 Å². The lowest BCUT2D eigenvalue weighted by Gasteiger charge is -2.34. The molecule has 1 aliphatic heterocycles. The highest BCUT2D eigenvalue weighted by Gasteiger charge is 2.56. The number of unbranched alkanes of at least 4 members (excludes halogenated alkanes) is 3. The van der Waals surface area contributed by atoms with Crippen molar-refractivity contribution in [2.75, 3.05) is 25.5 Å². The normalized spacial score (nSPS) is 25.5. The smallest absolute Gasteiger partial charge is 0.247 e. The molecule has 3 amide bonds. The zero-order chi connectivity index (χ0) is 25.5. The summed E-state index contributed by atoms with van der Waals surface area (Å²) in [6, 6.07) is 4.71. The van der Waals surface area contributed by atoms with E-state index in [4.69, 9.17) is 16.7 Å². The zero-order valence-corrected chi connectivity index (χ0v) is 21.7. The quantitative estimate of drug-likeness (QED) is 0.315. The van der Waals surface area contributed by atoms with Crippen molar-refractivity contribution in [1.29, 1.82) is 0 Å². The van der Waals surface area contributed by atoms with Crippen LogP contribution in [0.2, 0.25) is 5.02 Å². The fourth-order valence-corrected chi connectivity index (χ4v) is 5.88. The lowest BCUT2D eigenvalue weighted by molar-refractivity contribution is -0.140. The van der Waals surface area contributed by atoms with Gasteiger partial charge in [0.1, 0.15) is 6.04 Å². The van der Waals surface area contributed by atoms with E-state index in [9.17, 15) is 14.4 Å². The highest BCUT2D eigenvalue weighted by Crippen LogP contribution is 2.45. The van der Waals surface area contributed by atoms with Gasteiger partial charge in [-0.15, -0.1) is 0 Å². The molecule has 5 atom stereocenters. The van der Waals surface area contributed by atoms with Crippen molar-refractivity contribution in [3.05, 3.63) is 40.9 Å². The SMILES string of the molecule is CCC[C@@H]1C=C[C@H]2[C@H](C(=O)N(CCCCCCO)[C@@H]2C(=O)Nc2c(C)cccc2Cl)[C@@H]1C(=O)NC. The first-order valence-electron chi connectivity index (χ1n) is 12.7. The molecule has 0 bridgehead atoms. The minimum absolute atomic E-state index is 0.0378. The lowest BCUT2D eigenvalue weighted by Crippen LogP contribution is -2.45. The maximum atomic E-state index is 13.8. The summed E-state index contributed by atoms with van der Waals surface area (Å²) in [5.74, 6) is -2.07. The molecular formula is C27H38ClN3O4. The molecule has 192 valence electrons. The molecule has 7 nitrogen and oxygen atoms in total. The number of likely N-dealkylation sites (tertiary alicyclic amines) is 1. The van der Waals surface area contributed by atoms with Crippen molar-refractivity contribution >= 4 is 35.0 Å². The maximum absolute atomic E-state index is 13.8. The number of amides is 3. The summed E-state index contributed by atoms with van der Waals surface area (Å²) in [4.78, 5) is 42.1. The van der Waals surface area contributed by atoms with Crippen LogP contribution in [0.25, 0.3) is 0 Å². The minimum atomic E-state index is -0.716. The summed E-state index contributed by atoms with van der Waals surface area (Å²) in [5, 5.41) is 15.2. The Morgan fingerprint density at radius 1 is 1.11 bits per heavy atom. The second-order valence-corrected chi connectivity index (χ2v) is 10.0. The third-order valence-corrected chi connectivity index (χ3v) is 7.64. The minimum Gasteiger partial charge on any atom is -0.396 e. The van der Waals surface area contributed by atoms with Crippen molar-refractivity contribution in [2.24, 2.45) is 23.7 Å². The molecule has 8 heteroatoms. The van der Waals surface area contributed by atoms with Gasteiger partial charge in [0.15, 0.2) is 0 Å². The van der Waals surface area contributed by atoms with Gasteiger partial charge < -0.3 is 20.6 Å². The molecule has 3 N–H and O–H groups in total. The van der Waals surface area contributed by atoms with Crippen LogP contribution in [0.3, 0.4) is 0 Å². The highest BCUT2D eigenvalue weighted by atomic mass is 35.5. The third kappa shape index (κ3) is 5.89. The van der Waals surface area contributed by atoms with Crippen LogP contribution < -0.4 is 10.6 Å². The summed E-state index contributed by atoms with van der Waals surface area (Å²) in [7, 11) is 1.60. The van der Waals surface area contributed by atoms with Crippen molar-refractivity contribution in [2.45, 2.75) is 58.4 Å². The van der Waals surface area contributed by atoms with Gasteiger partial charge in [0.2, 0.25) is 17.7 Å². The molecule has 1 heterocycles. The van der Waals surface area contributed by atoms with Crippen LogP contribution in [0.15, 0.2) is 30.4 Å². The Morgan fingerprint density at radius 2 is 1.86 bits per heavy atom. The standard InChI is InChI=1S/C27H38ClN3O4/c1-4-10-18-13-14-19-22(21(18)25(33)29-3)27(35)31(15-7-5-6-8-16-32)24(19)26(34)30-23-17(2)11-9-12-20(23)28/h9,11-14,18-19,21-22,24,32H,4-8,10,15-16H2,1-3H3,(H,29,33)(H,30,34)/t18-,19+,21-,22+,24+/m1/s1. The van der Waals surface area contributed by atoms with E-state index in [0.29, 0.717) is 17.3 Å². The largest absolute Gasteiger partial charge is 0.396 e. The number of para-hydroxylation sites is 1.